The van der Waals surface area contributed by atoms with Gasteiger partial charge in [-0.25, -0.2) is 8.42 Å². The lowest BCUT2D eigenvalue weighted by atomic mass is 10.1. The van der Waals surface area contributed by atoms with Crippen molar-refractivity contribution in [3.63, 3.8) is 0 Å². The van der Waals surface area contributed by atoms with Gasteiger partial charge in [-0.05, 0) is 17.5 Å². The Morgan fingerprint density at radius 1 is 1.48 bits per heavy atom. The molecule has 2 heterocycles. The fourth-order valence-electron chi connectivity index (χ4n) is 2.85. The summed E-state index contributed by atoms with van der Waals surface area (Å²) in [6, 6.07) is 3.71. The third kappa shape index (κ3) is 5.28. The fourth-order valence-corrected chi connectivity index (χ4v) is 4.52. The number of hydrogen-bond acceptors (Lipinski definition) is 5. The number of pyridine rings is 1. The van der Waals surface area contributed by atoms with E-state index in [2.05, 4.69) is 10.3 Å². The minimum atomic E-state index is -3.17. The van der Waals surface area contributed by atoms with Crippen LogP contribution in [0.1, 0.15) is 31.9 Å². The van der Waals surface area contributed by atoms with Gasteiger partial charge in [0, 0.05) is 38.4 Å². The first-order valence-electron chi connectivity index (χ1n) is 7.99. The quantitative estimate of drug-likeness (QED) is 0.837. The molecule has 1 saturated heterocycles. The van der Waals surface area contributed by atoms with Gasteiger partial charge in [-0.2, -0.15) is 0 Å². The molecule has 1 N–H and O–H groups in total. The van der Waals surface area contributed by atoms with E-state index in [4.69, 9.17) is 0 Å². The van der Waals surface area contributed by atoms with Gasteiger partial charge in [0.1, 0.15) is 0 Å². The van der Waals surface area contributed by atoms with E-state index in [0.717, 1.165) is 12.1 Å². The summed E-state index contributed by atoms with van der Waals surface area (Å²) in [4.78, 5) is 18.4. The highest BCUT2D eigenvalue weighted by atomic mass is 32.2. The zero-order valence-electron chi connectivity index (χ0n) is 13.7. The van der Waals surface area contributed by atoms with Crippen LogP contribution >= 0.6 is 0 Å². The highest BCUT2D eigenvalue weighted by Crippen LogP contribution is 2.22. The van der Waals surface area contributed by atoms with E-state index in [9.17, 15) is 13.2 Å². The summed E-state index contributed by atoms with van der Waals surface area (Å²) in [5.74, 6) is 0.0341. The smallest absolute Gasteiger partial charge is 0.224 e. The van der Waals surface area contributed by atoms with Crippen molar-refractivity contribution in [2.45, 2.75) is 26.3 Å². The lowest BCUT2D eigenvalue weighted by molar-refractivity contribution is -0.134. The van der Waals surface area contributed by atoms with Gasteiger partial charge in [0.2, 0.25) is 5.91 Å². The van der Waals surface area contributed by atoms with E-state index in [-0.39, 0.29) is 35.8 Å². The van der Waals surface area contributed by atoms with Gasteiger partial charge in [0.25, 0.3) is 0 Å². The van der Waals surface area contributed by atoms with Crippen molar-refractivity contribution < 1.29 is 13.2 Å². The second-order valence-corrected chi connectivity index (χ2v) is 8.58. The van der Waals surface area contributed by atoms with Crippen LogP contribution in [0.25, 0.3) is 0 Å². The number of rotatable bonds is 6. The monoisotopic (exact) mass is 339 g/mol. The van der Waals surface area contributed by atoms with Crippen molar-refractivity contribution >= 4 is 15.7 Å². The number of carbonyl (C=O) groups excluding carboxylic acids is 1. The second kappa shape index (κ2) is 7.88. The average Bonchev–Trinajstić information content (AvgIpc) is 2.52. The average molecular weight is 339 g/mol. The topological polar surface area (TPSA) is 79.4 Å². The maximum atomic E-state index is 12.5. The highest BCUT2D eigenvalue weighted by molar-refractivity contribution is 7.91. The van der Waals surface area contributed by atoms with E-state index in [1.54, 1.807) is 17.3 Å². The number of nitrogens with zero attached hydrogens (tertiary/aromatic N) is 2. The Labute approximate surface area is 138 Å². The number of amides is 1. The molecule has 23 heavy (non-hydrogen) atoms. The predicted molar refractivity (Wildman–Crippen MR) is 89.7 cm³/mol. The molecular formula is C16H25N3O3S. The Kier molecular flexibility index (Phi) is 6.12. The molecule has 6 nitrogen and oxygen atoms in total. The van der Waals surface area contributed by atoms with Crippen LogP contribution in [0.4, 0.5) is 0 Å². The number of sulfone groups is 1. The largest absolute Gasteiger partial charge is 0.333 e. The molecule has 1 aromatic rings. The molecular weight excluding hydrogens is 314 g/mol. The summed E-state index contributed by atoms with van der Waals surface area (Å²) in [7, 11) is -3.17. The maximum absolute atomic E-state index is 12.5. The predicted octanol–water partition coefficient (Wildman–Crippen LogP) is 1.02. The van der Waals surface area contributed by atoms with Gasteiger partial charge in [-0.3, -0.25) is 9.78 Å². The van der Waals surface area contributed by atoms with Crippen molar-refractivity contribution in [2.24, 2.45) is 5.92 Å². The summed E-state index contributed by atoms with van der Waals surface area (Å²) >= 11 is 0. The highest BCUT2D eigenvalue weighted by Gasteiger charge is 2.28. The van der Waals surface area contributed by atoms with Gasteiger partial charge in [0.05, 0.1) is 17.5 Å². The number of nitrogens with one attached hydrogen (secondary N) is 1. The van der Waals surface area contributed by atoms with E-state index in [1.165, 1.54) is 0 Å². The van der Waals surface area contributed by atoms with Crippen molar-refractivity contribution in [2.75, 3.05) is 31.1 Å². The molecule has 1 aliphatic rings. The fraction of sp³-hybridized carbons (Fsp3) is 0.625. The maximum Gasteiger partial charge on any atom is 0.224 e. The van der Waals surface area contributed by atoms with Crippen molar-refractivity contribution in [3.05, 3.63) is 30.1 Å². The molecule has 0 spiro atoms. The van der Waals surface area contributed by atoms with Gasteiger partial charge < -0.3 is 10.2 Å². The van der Waals surface area contributed by atoms with Crippen LogP contribution in [0.2, 0.25) is 0 Å². The molecule has 128 valence electrons. The molecule has 1 unspecified atom stereocenters. The molecule has 2 rings (SSSR count). The lowest BCUT2D eigenvalue weighted by Gasteiger charge is -2.36. The molecule has 0 bridgehead atoms. The van der Waals surface area contributed by atoms with E-state index in [0.29, 0.717) is 13.1 Å². The minimum Gasteiger partial charge on any atom is -0.333 e. The summed E-state index contributed by atoms with van der Waals surface area (Å²) < 4.78 is 24.0. The Morgan fingerprint density at radius 2 is 2.26 bits per heavy atom. The summed E-state index contributed by atoms with van der Waals surface area (Å²) in [5, 5.41) is 3.28. The third-order valence-corrected chi connectivity index (χ3v) is 5.85. The van der Waals surface area contributed by atoms with Crippen LogP contribution in [0, 0.1) is 5.92 Å². The molecule has 1 aromatic heterocycles. The molecule has 1 amide bonds. The standard InChI is InChI=1S/C16H25N3O3S/c1-13(2)12-23(21,22)9-5-16(20)19-8-7-18-11-15(19)14-4-3-6-17-10-14/h3-4,6,10,13,15,18H,5,7-9,11-12H2,1-2H3. The molecule has 7 heteroatoms. The first-order chi connectivity index (χ1) is 10.9. The van der Waals surface area contributed by atoms with Crippen molar-refractivity contribution in [1.82, 2.24) is 15.2 Å². The molecule has 0 aliphatic carbocycles. The van der Waals surface area contributed by atoms with Crippen LogP contribution in [0.5, 0.6) is 0 Å². The molecule has 0 radical (unpaired) electrons. The van der Waals surface area contributed by atoms with Crippen LogP contribution in [0.3, 0.4) is 0 Å². The molecule has 1 fully saturated rings. The molecule has 1 aliphatic heterocycles. The Bertz CT molecular complexity index is 617. The van der Waals surface area contributed by atoms with Crippen LogP contribution in [-0.4, -0.2) is 55.3 Å². The lowest BCUT2D eigenvalue weighted by Crippen LogP contribution is -2.49. The summed E-state index contributed by atoms with van der Waals surface area (Å²) in [5.41, 5.74) is 0.970. The zero-order valence-corrected chi connectivity index (χ0v) is 14.6. The summed E-state index contributed by atoms with van der Waals surface area (Å²) in [6.07, 6.45) is 3.50. The summed E-state index contributed by atoms with van der Waals surface area (Å²) in [6.45, 7) is 5.71. The Morgan fingerprint density at radius 3 is 2.91 bits per heavy atom. The van der Waals surface area contributed by atoms with Crippen LogP contribution < -0.4 is 5.32 Å². The van der Waals surface area contributed by atoms with E-state index < -0.39 is 9.84 Å². The minimum absolute atomic E-state index is 0.0474. The van der Waals surface area contributed by atoms with Crippen LogP contribution in [0.15, 0.2) is 24.5 Å². The molecule has 1 atom stereocenters. The SMILES string of the molecule is CC(C)CS(=O)(=O)CCC(=O)N1CCNCC1c1cccnc1. The number of aromatic nitrogens is 1. The first-order valence-corrected chi connectivity index (χ1v) is 9.82. The van der Waals surface area contributed by atoms with Crippen LogP contribution in [-0.2, 0) is 14.6 Å². The second-order valence-electron chi connectivity index (χ2n) is 6.35. The number of piperazine rings is 1. The number of hydrogen-bond donors (Lipinski definition) is 1. The van der Waals surface area contributed by atoms with Crippen molar-refractivity contribution in [3.8, 4) is 0 Å². The van der Waals surface area contributed by atoms with E-state index in [1.807, 2.05) is 26.0 Å². The normalized spacial score (nSPS) is 19.1. The van der Waals surface area contributed by atoms with Crippen molar-refractivity contribution in [1.29, 1.82) is 0 Å². The third-order valence-electron chi connectivity index (χ3n) is 3.85. The Hall–Kier alpha value is -1.47. The first kappa shape index (κ1) is 17.9. The zero-order chi connectivity index (χ0) is 16.9. The van der Waals surface area contributed by atoms with Gasteiger partial charge in [0.15, 0.2) is 9.84 Å². The molecule has 0 saturated carbocycles. The van der Waals surface area contributed by atoms with E-state index >= 15 is 0 Å². The van der Waals surface area contributed by atoms with Gasteiger partial charge in [-0.15, -0.1) is 0 Å². The Balaban J connectivity index is 2.02. The number of carbonyl (C=O) groups is 1. The van der Waals surface area contributed by atoms with Gasteiger partial charge >= 0.3 is 0 Å². The van der Waals surface area contributed by atoms with Gasteiger partial charge in [-0.1, -0.05) is 19.9 Å². The molecule has 0 aromatic carbocycles.